The molecule has 14 heavy (non-hydrogen) atoms. The van der Waals surface area contributed by atoms with Gasteiger partial charge in [-0.1, -0.05) is 34.6 Å². The molecular weight excluding hydrogens is 172 g/mol. The number of hydrogen-bond acceptors (Lipinski definition) is 2. The molecule has 0 rings (SSSR count). The molecule has 0 aliphatic rings. The van der Waals surface area contributed by atoms with Crippen LogP contribution in [0.3, 0.4) is 0 Å². The van der Waals surface area contributed by atoms with Crippen molar-refractivity contribution in [2.75, 3.05) is 19.6 Å². The van der Waals surface area contributed by atoms with Gasteiger partial charge in [-0.2, -0.15) is 0 Å². The molecular formula is C12H28N2. The zero-order valence-electron chi connectivity index (χ0n) is 10.6. The first-order valence-electron chi connectivity index (χ1n) is 5.81. The lowest BCUT2D eigenvalue weighted by Gasteiger charge is -2.30. The lowest BCUT2D eigenvalue weighted by atomic mass is 9.81. The standard InChI is InChI=1S/C12H28N2/c1-10(2)12(4,5)9-14-8-11(3)6-7-13/h10-11,14H,6-9,13H2,1-5H3. The van der Waals surface area contributed by atoms with Crippen LogP contribution in [0.25, 0.3) is 0 Å². The normalized spacial score (nSPS) is 14.8. The molecule has 0 aromatic heterocycles. The van der Waals surface area contributed by atoms with Gasteiger partial charge in [-0.05, 0) is 36.8 Å². The minimum atomic E-state index is 0.391. The minimum absolute atomic E-state index is 0.391. The molecule has 86 valence electrons. The van der Waals surface area contributed by atoms with Gasteiger partial charge in [-0.15, -0.1) is 0 Å². The molecule has 0 aromatic rings. The first-order chi connectivity index (χ1) is 6.40. The summed E-state index contributed by atoms with van der Waals surface area (Å²) in [7, 11) is 0. The predicted molar refractivity (Wildman–Crippen MR) is 64.3 cm³/mol. The Morgan fingerprint density at radius 1 is 1.21 bits per heavy atom. The molecule has 2 nitrogen and oxygen atoms in total. The van der Waals surface area contributed by atoms with Crippen molar-refractivity contribution < 1.29 is 0 Å². The summed E-state index contributed by atoms with van der Waals surface area (Å²) in [5.41, 5.74) is 5.90. The van der Waals surface area contributed by atoms with E-state index in [9.17, 15) is 0 Å². The van der Waals surface area contributed by atoms with E-state index in [1.54, 1.807) is 0 Å². The lowest BCUT2D eigenvalue weighted by Crippen LogP contribution is -2.35. The van der Waals surface area contributed by atoms with Crippen LogP contribution in [-0.2, 0) is 0 Å². The highest BCUT2D eigenvalue weighted by Gasteiger charge is 2.21. The van der Waals surface area contributed by atoms with Gasteiger partial charge in [-0.3, -0.25) is 0 Å². The van der Waals surface area contributed by atoms with Crippen LogP contribution in [0, 0.1) is 17.3 Å². The Kier molecular flexibility index (Phi) is 6.38. The van der Waals surface area contributed by atoms with E-state index < -0.39 is 0 Å². The van der Waals surface area contributed by atoms with Gasteiger partial charge in [0.05, 0.1) is 0 Å². The van der Waals surface area contributed by atoms with E-state index in [0.717, 1.165) is 32.0 Å². The van der Waals surface area contributed by atoms with Crippen molar-refractivity contribution in [2.45, 2.75) is 41.0 Å². The fourth-order valence-corrected chi connectivity index (χ4v) is 1.23. The van der Waals surface area contributed by atoms with Crippen LogP contribution < -0.4 is 11.1 Å². The van der Waals surface area contributed by atoms with Gasteiger partial charge < -0.3 is 11.1 Å². The van der Waals surface area contributed by atoms with Crippen molar-refractivity contribution in [1.29, 1.82) is 0 Å². The second-order valence-electron chi connectivity index (χ2n) is 5.46. The minimum Gasteiger partial charge on any atom is -0.330 e. The van der Waals surface area contributed by atoms with E-state index in [2.05, 4.69) is 39.9 Å². The molecule has 0 saturated carbocycles. The molecule has 1 unspecified atom stereocenters. The third-order valence-electron chi connectivity index (χ3n) is 3.30. The van der Waals surface area contributed by atoms with Crippen molar-refractivity contribution in [1.82, 2.24) is 5.32 Å². The summed E-state index contributed by atoms with van der Waals surface area (Å²) in [5.74, 6) is 1.42. The Labute approximate surface area is 89.6 Å². The zero-order chi connectivity index (χ0) is 11.2. The molecule has 3 N–H and O–H groups in total. The van der Waals surface area contributed by atoms with Crippen LogP contribution in [0.5, 0.6) is 0 Å². The first-order valence-corrected chi connectivity index (χ1v) is 5.81. The summed E-state index contributed by atoms with van der Waals surface area (Å²) in [6.07, 6.45) is 1.12. The van der Waals surface area contributed by atoms with Gasteiger partial charge in [0.1, 0.15) is 0 Å². The summed E-state index contributed by atoms with van der Waals surface area (Å²) in [6.45, 7) is 14.4. The third-order valence-corrected chi connectivity index (χ3v) is 3.30. The molecule has 0 saturated heterocycles. The van der Waals surface area contributed by atoms with Crippen LogP contribution in [-0.4, -0.2) is 19.6 Å². The van der Waals surface area contributed by atoms with Crippen LogP contribution in [0.1, 0.15) is 41.0 Å². The number of nitrogens with two attached hydrogens (primary N) is 1. The van der Waals surface area contributed by atoms with Crippen molar-refractivity contribution >= 4 is 0 Å². The van der Waals surface area contributed by atoms with Crippen molar-refractivity contribution in [2.24, 2.45) is 23.0 Å². The highest BCUT2D eigenvalue weighted by molar-refractivity contribution is 4.75. The largest absolute Gasteiger partial charge is 0.330 e. The summed E-state index contributed by atoms with van der Waals surface area (Å²) in [5, 5.41) is 3.54. The van der Waals surface area contributed by atoms with Crippen LogP contribution in [0.2, 0.25) is 0 Å². The monoisotopic (exact) mass is 200 g/mol. The van der Waals surface area contributed by atoms with Gasteiger partial charge in [-0.25, -0.2) is 0 Å². The van der Waals surface area contributed by atoms with Gasteiger partial charge in [0.15, 0.2) is 0 Å². The van der Waals surface area contributed by atoms with Gasteiger partial charge in [0, 0.05) is 6.54 Å². The molecule has 0 fully saturated rings. The van der Waals surface area contributed by atoms with E-state index >= 15 is 0 Å². The van der Waals surface area contributed by atoms with E-state index in [1.807, 2.05) is 0 Å². The average molecular weight is 200 g/mol. The number of hydrogen-bond donors (Lipinski definition) is 2. The van der Waals surface area contributed by atoms with Gasteiger partial charge in [0.2, 0.25) is 0 Å². The molecule has 1 atom stereocenters. The molecule has 0 bridgehead atoms. The van der Waals surface area contributed by atoms with Gasteiger partial charge >= 0.3 is 0 Å². The molecule has 0 spiro atoms. The van der Waals surface area contributed by atoms with Gasteiger partial charge in [0.25, 0.3) is 0 Å². The fourth-order valence-electron chi connectivity index (χ4n) is 1.23. The van der Waals surface area contributed by atoms with E-state index in [4.69, 9.17) is 5.73 Å². The summed E-state index contributed by atoms with van der Waals surface area (Å²) in [6, 6.07) is 0. The predicted octanol–water partition coefficient (Wildman–Crippen LogP) is 2.24. The van der Waals surface area contributed by atoms with Crippen molar-refractivity contribution in [3.05, 3.63) is 0 Å². The molecule has 0 amide bonds. The fraction of sp³-hybridized carbons (Fsp3) is 1.00. The maximum atomic E-state index is 5.51. The molecule has 0 heterocycles. The van der Waals surface area contributed by atoms with E-state index in [-0.39, 0.29) is 0 Å². The van der Waals surface area contributed by atoms with Crippen LogP contribution in [0.4, 0.5) is 0 Å². The summed E-state index contributed by atoms with van der Waals surface area (Å²) in [4.78, 5) is 0. The average Bonchev–Trinajstić information content (AvgIpc) is 2.04. The molecule has 0 aromatic carbocycles. The van der Waals surface area contributed by atoms with Crippen LogP contribution in [0.15, 0.2) is 0 Å². The SMILES string of the molecule is CC(CCN)CNCC(C)(C)C(C)C. The van der Waals surface area contributed by atoms with Crippen molar-refractivity contribution in [3.63, 3.8) is 0 Å². The smallest absolute Gasteiger partial charge is 0.000508 e. The second-order valence-corrected chi connectivity index (χ2v) is 5.46. The quantitative estimate of drug-likeness (QED) is 0.661. The lowest BCUT2D eigenvalue weighted by molar-refractivity contribution is 0.234. The number of rotatable bonds is 7. The topological polar surface area (TPSA) is 38.0 Å². The van der Waals surface area contributed by atoms with E-state index in [0.29, 0.717) is 11.3 Å². The summed E-state index contributed by atoms with van der Waals surface area (Å²) >= 11 is 0. The molecule has 0 radical (unpaired) electrons. The highest BCUT2D eigenvalue weighted by Crippen LogP contribution is 2.24. The van der Waals surface area contributed by atoms with Crippen LogP contribution >= 0.6 is 0 Å². The maximum Gasteiger partial charge on any atom is 0.000508 e. The zero-order valence-corrected chi connectivity index (χ0v) is 10.6. The van der Waals surface area contributed by atoms with Crippen molar-refractivity contribution in [3.8, 4) is 0 Å². The first kappa shape index (κ1) is 13.9. The molecule has 0 aliphatic carbocycles. The summed E-state index contributed by atoms with van der Waals surface area (Å²) < 4.78 is 0. The number of nitrogens with one attached hydrogen (secondary N) is 1. The second kappa shape index (κ2) is 6.41. The molecule has 2 heteroatoms. The Morgan fingerprint density at radius 2 is 1.79 bits per heavy atom. The van der Waals surface area contributed by atoms with E-state index in [1.165, 1.54) is 0 Å². The molecule has 0 aliphatic heterocycles. The maximum absolute atomic E-state index is 5.51. The Bertz CT molecular complexity index is 141. The third kappa shape index (κ3) is 5.61. The Morgan fingerprint density at radius 3 is 2.21 bits per heavy atom. The Balaban J connectivity index is 3.62. The highest BCUT2D eigenvalue weighted by atomic mass is 14.9. The Hall–Kier alpha value is -0.0800.